The van der Waals surface area contributed by atoms with Crippen LogP contribution in [-0.2, 0) is 14.4 Å². The van der Waals surface area contributed by atoms with Crippen LogP contribution in [0.3, 0.4) is 0 Å². The Kier molecular flexibility index (Phi) is 7.54. The van der Waals surface area contributed by atoms with Gasteiger partial charge in [-0.15, -0.1) is 0 Å². The van der Waals surface area contributed by atoms with Crippen LogP contribution < -0.4 is 10.6 Å². The fourth-order valence-corrected chi connectivity index (χ4v) is 6.34. The smallest absolute Gasteiger partial charge is 0.235 e. The van der Waals surface area contributed by atoms with Crippen LogP contribution in [0.1, 0.15) is 47.1 Å². The molecule has 41 heavy (non-hydrogen) atoms. The van der Waals surface area contributed by atoms with E-state index >= 15 is 0 Å². The first-order valence-electron chi connectivity index (χ1n) is 14.0. The highest BCUT2D eigenvalue weighted by Gasteiger charge is 2.56. The lowest BCUT2D eigenvalue weighted by Gasteiger charge is -2.45. The molecule has 0 spiro atoms. The summed E-state index contributed by atoms with van der Waals surface area (Å²) in [5.74, 6) is -4.49. The van der Waals surface area contributed by atoms with Gasteiger partial charge < -0.3 is 15.7 Å². The minimum Gasteiger partial charge on any atom is -0.389 e. The molecule has 5 rings (SSSR count). The molecule has 1 aliphatic rings. The van der Waals surface area contributed by atoms with Gasteiger partial charge in [-0.2, -0.15) is 0 Å². The number of aryl methyl sites for hydroxylation is 4. The van der Waals surface area contributed by atoms with E-state index in [1.807, 2.05) is 107 Å². The van der Waals surface area contributed by atoms with E-state index < -0.39 is 41.0 Å². The largest absolute Gasteiger partial charge is 0.389 e. The van der Waals surface area contributed by atoms with Crippen LogP contribution in [0.15, 0.2) is 78.9 Å². The van der Waals surface area contributed by atoms with E-state index in [4.69, 9.17) is 0 Å². The highest BCUT2D eigenvalue weighted by molar-refractivity contribution is 6.11. The molecule has 4 aromatic rings. The lowest BCUT2D eigenvalue weighted by atomic mass is 9.60. The molecular formula is C35H36N2O4. The van der Waals surface area contributed by atoms with E-state index in [1.165, 1.54) is 6.92 Å². The summed E-state index contributed by atoms with van der Waals surface area (Å²) in [6, 6.07) is 24.8. The van der Waals surface area contributed by atoms with E-state index in [-0.39, 0.29) is 6.42 Å². The molecule has 6 heteroatoms. The van der Waals surface area contributed by atoms with Gasteiger partial charge in [0.05, 0.1) is 11.5 Å². The van der Waals surface area contributed by atoms with Crippen molar-refractivity contribution in [1.82, 2.24) is 0 Å². The van der Waals surface area contributed by atoms with Gasteiger partial charge in [-0.05, 0) is 74.2 Å². The number of amides is 2. The molecule has 0 radical (unpaired) electrons. The molecule has 4 unspecified atom stereocenters. The Bertz CT molecular complexity index is 1670. The SMILES string of the molecule is Cc1ccc(NC(=O)C2C(=O)CC(C)(O)C(C(=O)Nc3ccc(C)cc3C)C2c2cccc3ccccc23)c(C)c1. The van der Waals surface area contributed by atoms with Gasteiger partial charge in [0, 0.05) is 23.7 Å². The third-order valence-electron chi connectivity index (χ3n) is 8.29. The van der Waals surface area contributed by atoms with Crippen LogP contribution in [-0.4, -0.2) is 28.3 Å². The number of ketones is 1. The molecule has 0 aromatic heterocycles. The van der Waals surface area contributed by atoms with E-state index in [0.29, 0.717) is 16.9 Å². The summed E-state index contributed by atoms with van der Waals surface area (Å²) in [5.41, 5.74) is 4.11. The Hall–Kier alpha value is -4.29. The topological polar surface area (TPSA) is 95.5 Å². The van der Waals surface area contributed by atoms with Crippen LogP contribution in [0.25, 0.3) is 10.8 Å². The maximum atomic E-state index is 14.2. The molecule has 3 N–H and O–H groups in total. The zero-order valence-electron chi connectivity index (χ0n) is 24.1. The molecule has 6 nitrogen and oxygen atoms in total. The summed E-state index contributed by atoms with van der Waals surface area (Å²) in [6.45, 7) is 9.28. The van der Waals surface area contributed by atoms with E-state index in [9.17, 15) is 19.5 Å². The minimum atomic E-state index is -1.68. The molecule has 1 aliphatic carbocycles. The number of Topliss-reactive ketones (excluding diaryl/α,β-unsaturated/α-hetero) is 1. The van der Waals surface area contributed by atoms with Crippen molar-refractivity contribution in [1.29, 1.82) is 0 Å². The molecule has 0 aliphatic heterocycles. The van der Waals surface area contributed by atoms with Gasteiger partial charge in [0.1, 0.15) is 11.7 Å². The van der Waals surface area contributed by atoms with Crippen molar-refractivity contribution in [2.24, 2.45) is 11.8 Å². The number of fused-ring (bicyclic) bond motifs is 1. The monoisotopic (exact) mass is 548 g/mol. The fourth-order valence-electron chi connectivity index (χ4n) is 6.34. The summed E-state index contributed by atoms with van der Waals surface area (Å²) in [5, 5.41) is 19.4. The van der Waals surface area contributed by atoms with Crippen molar-refractivity contribution in [2.75, 3.05) is 10.6 Å². The van der Waals surface area contributed by atoms with Crippen LogP contribution in [0.2, 0.25) is 0 Å². The highest BCUT2D eigenvalue weighted by atomic mass is 16.3. The first kappa shape index (κ1) is 28.2. The average molecular weight is 549 g/mol. The Labute approximate surface area is 240 Å². The number of hydrogen-bond acceptors (Lipinski definition) is 4. The van der Waals surface area contributed by atoms with Crippen LogP contribution >= 0.6 is 0 Å². The van der Waals surface area contributed by atoms with E-state index in [0.717, 1.165) is 33.0 Å². The Morgan fingerprint density at radius 1 is 0.780 bits per heavy atom. The van der Waals surface area contributed by atoms with Crippen molar-refractivity contribution in [3.8, 4) is 0 Å². The molecule has 4 atom stereocenters. The summed E-state index contributed by atoms with van der Waals surface area (Å²) in [7, 11) is 0. The third kappa shape index (κ3) is 5.52. The number of carbonyl (C=O) groups is 3. The maximum Gasteiger partial charge on any atom is 0.235 e. The normalized spacial score (nSPS) is 22.4. The van der Waals surface area contributed by atoms with Gasteiger partial charge in [-0.3, -0.25) is 14.4 Å². The predicted octanol–water partition coefficient (Wildman–Crippen LogP) is 6.39. The number of nitrogens with one attached hydrogen (secondary N) is 2. The molecule has 2 amide bonds. The van der Waals surface area contributed by atoms with Crippen molar-refractivity contribution in [2.45, 2.75) is 52.6 Å². The standard InChI is InChI=1S/C35H36N2O4/c1-20-13-15-27(22(3)17-20)36-33(39)31-29(38)19-35(5,41)32(34(40)37-28-16-14-21(2)18-23(28)4)30(31)26-12-8-10-24-9-6-7-11-25(24)26/h6-18,30-32,41H,19H2,1-5H3,(H,36,39)(H,37,40). The first-order chi connectivity index (χ1) is 19.5. The van der Waals surface area contributed by atoms with Crippen LogP contribution in [0.5, 0.6) is 0 Å². The Balaban J connectivity index is 1.64. The molecular weight excluding hydrogens is 512 g/mol. The summed E-state index contributed by atoms with van der Waals surface area (Å²) < 4.78 is 0. The molecule has 0 saturated heterocycles. The summed E-state index contributed by atoms with van der Waals surface area (Å²) in [4.78, 5) is 41.9. The van der Waals surface area contributed by atoms with Crippen molar-refractivity contribution < 1.29 is 19.5 Å². The number of anilines is 2. The zero-order valence-corrected chi connectivity index (χ0v) is 24.1. The van der Waals surface area contributed by atoms with Crippen LogP contribution in [0.4, 0.5) is 11.4 Å². The molecule has 0 heterocycles. The van der Waals surface area contributed by atoms with E-state index in [2.05, 4.69) is 10.6 Å². The molecule has 210 valence electrons. The van der Waals surface area contributed by atoms with Crippen LogP contribution in [0, 0.1) is 39.5 Å². The average Bonchev–Trinajstić information content (AvgIpc) is 2.90. The molecule has 4 aromatic carbocycles. The quantitative estimate of drug-likeness (QED) is 0.252. The molecule has 1 saturated carbocycles. The first-order valence-corrected chi connectivity index (χ1v) is 14.0. The fraction of sp³-hybridized carbons (Fsp3) is 0.286. The van der Waals surface area contributed by atoms with Crippen molar-refractivity contribution in [3.05, 3.63) is 107 Å². The van der Waals surface area contributed by atoms with Gasteiger partial charge in [0.15, 0.2) is 0 Å². The summed E-state index contributed by atoms with van der Waals surface area (Å²) in [6.07, 6.45) is -0.315. The number of rotatable bonds is 5. The second-order valence-electron chi connectivity index (χ2n) is 11.7. The lowest BCUT2D eigenvalue weighted by Crippen LogP contribution is -2.56. The minimum absolute atomic E-state index is 0.315. The maximum absolute atomic E-state index is 14.2. The second-order valence-corrected chi connectivity index (χ2v) is 11.7. The molecule has 0 bridgehead atoms. The molecule has 1 fully saturated rings. The number of hydrogen-bond donors (Lipinski definition) is 3. The second kappa shape index (κ2) is 10.9. The highest BCUT2D eigenvalue weighted by Crippen LogP contribution is 2.48. The van der Waals surface area contributed by atoms with E-state index in [1.54, 1.807) is 0 Å². The third-order valence-corrected chi connectivity index (χ3v) is 8.29. The van der Waals surface area contributed by atoms with Gasteiger partial charge >= 0.3 is 0 Å². The van der Waals surface area contributed by atoms with Gasteiger partial charge in [0.25, 0.3) is 0 Å². The lowest BCUT2D eigenvalue weighted by molar-refractivity contribution is -0.150. The summed E-state index contributed by atoms with van der Waals surface area (Å²) >= 11 is 0. The predicted molar refractivity (Wildman–Crippen MR) is 163 cm³/mol. The van der Waals surface area contributed by atoms with Gasteiger partial charge in [-0.1, -0.05) is 77.9 Å². The number of carbonyl (C=O) groups excluding carboxylic acids is 3. The Morgan fingerprint density at radius 3 is 1.95 bits per heavy atom. The van der Waals surface area contributed by atoms with Crippen molar-refractivity contribution in [3.63, 3.8) is 0 Å². The van der Waals surface area contributed by atoms with Crippen molar-refractivity contribution >= 4 is 39.7 Å². The van der Waals surface area contributed by atoms with Gasteiger partial charge in [0.2, 0.25) is 11.8 Å². The zero-order chi connectivity index (χ0) is 29.5. The number of aliphatic hydroxyl groups is 1. The number of benzene rings is 4. The Morgan fingerprint density at radius 2 is 1.34 bits per heavy atom. The van der Waals surface area contributed by atoms with Gasteiger partial charge in [-0.25, -0.2) is 0 Å².